The second kappa shape index (κ2) is 5.88. The molecule has 0 amide bonds. The fourth-order valence-corrected chi connectivity index (χ4v) is 3.64. The van der Waals surface area contributed by atoms with Crippen LogP contribution in [-0.2, 0) is 16.3 Å². The number of aromatic nitrogens is 2. The van der Waals surface area contributed by atoms with Gasteiger partial charge in [0.05, 0.1) is 11.1 Å². The molecule has 0 radical (unpaired) electrons. The number of thiophene rings is 1. The third kappa shape index (κ3) is 4.38. The summed E-state index contributed by atoms with van der Waals surface area (Å²) in [4.78, 5) is 10.0. The molecule has 0 spiro atoms. The van der Waals surface area contributed by atoms with Crippen LogP contribution in [0.25, 0.3) is 10.2 Å². The largest absolute Gasteiger partial charge is 0.365 e. The Morgan fingerprint density at radius 1 is 1.33 bits per heavy atom. The van der Waals surface area contributed by atoms with Crippen LogP contribution in [0, 0.1) is 0 Å². The van der Waals surface area contributed by atoms with Crippen LogP contribution >= 0.6 is 11.3 Å². The van der Waals surface area contributed by atoms with E-state index in [4.69, 9.17) is 0 Å². The van der Waals surface area contributed by atoms with E-state index in [1.165, 1.54) is 6.26 Å². The fraction of sp³-hybridized carbons (Fsp3) is 0.571. The summed E-state index contributed by atoms with van der Waals surface area (Å²) in [6.45, 7) is 6.00. The van der Waals surface area contributed by atoms with Crippen molar-refractivity contribution in [1.82, 2.24) is 9.97 Å². The summed E-state index contributed by atoms with van der Waals surface area (Å²) in [5, 5.41) is 6.37. The topological polar surface area (TPSA) is 72.0 Å². The summed E-state index contributed by atoms with van der Waals surface area (Å²) in [6.07, 6.45) is 2.56. The highest BCUT2D eigenvalue weighted by molar-refractivity contribution is 7.90. The smallest absolute Gasteiger partial charge is 0.147 e. The molecule has 0 aliphatic heterocycles. The Labute approximate surface area is 129 Å². The summed E-state index contributed by atoms with van der Waals surface area (Å²) >= 11 is 1.59. The minimum Gasteiger partial charge on any atom is -0.365 e. The van der Waals surface area contributed by atoms with Crippen LogP contribution in [0.1, 0.15) is 33.0 Å². The van der Waals surface area contributed by atoms with Gasteiger partial charge in [-0.25, -0.2) is 18.4 Å². The number of rotatable bonds is 6. The molecule has 5 nitrogen and oxygen atoms in total. The molecule has 116 valence electrons. The lowest BCUT2D eigenvalue weighted by molar-refractivity contribution is 0.534. The number of anilines is 1. The van der Waals surface area contributed by atoms with Crippen LogP contribution in [0.2, 0.25) is 0 Å². The Kier molecular flexibility index (Phi) is 4.53. The van der Waals surface area contributed by atoms with Crippen LogP contribution in [0.4, 0.5) is 5.82 Å². The maximum atomic E-state index is 11.4. The van der Waals surface area contributed by atoms with Gasteiger partial charge >= 0.3 is 0 Å². The number of fused-ring (bicyclic) bond motifs is 1. The summed E-state index contributed by atoms with van der Waals surface area (Å²) in [7, 11) is -2.96. The first-order chi connectivity index (χ1) is 9.70. The van der Waals surface area contributed by atoms with Crippen molar-refractivity contribution in [2.24, 2.45) is 0 Å². The van der Waals surface area contributed by atoms with E-state index in [9.17, 15) is 8.42 Å². The van der Waals surface area contributed by atoms with E-state index in [2.05, 4.69) is 15.3 Å². The predicted octanol–water partition coefficient (Wildman–Crippen LogP) is 2.88. The molecule has 0 saturated carbocycles. The Morgan fingerprint density at radius 3 is 2.67 bits per heavy atom. The Bertz CT molecular complexity index is 736. The minimum absolute atomic E-state index is 0.158. The number of nitrogens with zero attached hydrogens (tertiary/aromatic N) is 2. The standard InChI is InChI=1S/C14H21N3O2S2/c1-5-11-15-12(10-6-8-20-13(10)16-11)17-14(2,3)7-9-21(4,18)19/h6,8H,5,7,9H2,1-4H3,(H,15,16,17). The van der Waals surface area contributed by atoms with Crippen molar-refractivity contribution in [2.75, 3.05) is 17.3 Å². The molecular weight excluding hydrogens is 306 g/mol. The molecule has 21 heavy (non-hydrogen) atoms. The lowest BCUT2D eigenvalue weighted by Crippen LogP contribution is -2.33. The number of nitrogens with one attached hydrogen (secondary N) is 1. The Balaban J connectivity index is 2.27. The molecule has 0 aliphatic rings. The molecule has 0 aromatic carbocycles. The van der Waals surface area contributed by atoms with Gasteiger partial charge in [0.25, 0.3) is 0 Å². The van der Waals surface area contributed by atoms with Gasteiger partial charge in [-0.1, -0.05) is 6.92 Å². The van der Waals surface area contributed by atoms with Gasteiger partial charge < -0.3 is 5.32 Å². The summed E-state index contributed by atoms with van der Waals surface area (Å²) in [5.41, 5.74) is -0.350. The molecule has 0 atom stereocenters. The van der Waals surface area contributed by atoms with Gasteiger partial charge in [0.2, 0.25) is 0 Å². The molecule has 0 aliphatic carbocycles. The van der Waals surface area contributed by atoms with E-state index >= 15 is 0 Å². The lowest BCUT2D eigenvalue weighted by Gasteiger charge is -2.27. The van der Waals surface area contributed by atoms with Crippen molar-refractivity contribution in [3.63, 3.8) is 0 Å². The van der Waals surface area contributed by atoms with E-state index in [1.54, 1.807) is 11.3 Å². The second-order valence-electron chi connectivity index (χ2n) is 5.87. The van der Waals surface area contributed by atoms with E-state index < -0.39 is 9.84 Å². The van der Waals surface area contributed by atoms with Gasteiger partial charge in [0, 0.05) is 18.2 Å². The maximum Gasteiger partial charge on any atom is 0.147 e. The lowest BCUT2D eigenvalue weighted by atomic mass is 10.0. The zero-order valence-corrected chi connectivity index (χ0v) is 14.4. The molecule has 0 bridgehead atoms. The molecular formula is C14H21N3O2S2. The van der Waals surface area contributed by atoms with Crippen molar-refractivity contribution >= 4 is 37.2 Å². The van der Waals surface area contributed by atoms with Gasteiger partial charge in [0.1, 0.15) is 26.3 Å². The second-order valence-corrected chi connectivity index (χ2v) is 9.02. The highest BCUT2D eigenvalue weighted by Gasteiger charge is 2.22. The number of hydrogen-bond acceptors (Lipinski definition) is 6. The molecule has 0 fully saturated rings. The third-order valence-corrected chi connectivity index (χ3v) is 4.99. The van der Waals surface area contributed by atoms with Gasteiger partial charge in [-0.2, -0.15) is 0 Å². The molecule has 2 aromatic heterocycles. The van der Waals surface area contributed by atoms with E-state index in [0.717, 1.165) is 28.3 Å². The molecule has 0 unspecified atom stereocenters. The quantitative estimate of drug-likeness (QED) is 0.883. The van der Waals surface area contributed by atoms with Crippen LogP contribution in [-0.4, -0.2) is 35.9 Å². The van der Waals surface area contributed by atoms with Gasteiger partial charge in [0.15, 0.2) is 0 Å². The SMILES string of the molecule is CCc1nc(NC(C)(C)CCS(C)(=O)=O)c2ccsc2n1. The number of sulfone groups is 1. The fourth-order valence-electron chi connectivity index (χ4n) is 1.98. The van der Waals surface area contributed by atoms with E-state index in [1.807, 2.05) is 32.2 Å². The first-order valence-electron chi connectivity index (χ1n) is 6.90. The summed E-state index contributed by atoms with van der Waals surface area (Å²) in [6, 6.07) is 1.99. The highest BCUT2D eigenvalue weighted by atomic mass is 32.2. The molecule has 2 aromatic rings. The highest BCUT2D eigenvalue weighted by Crippen LogP contribution is 2.28. The third-order valence-electron chi connectivity index (χ3n) is 3.24. The summed E-state index contributed by atoms with van der Waals surface area (Å²) in [5.74, 6) is 1.74. The Morgan fingerprint density at radius 2 is 2.05 bits per heavy atom. The van der Waals surface area contributed by atoms with Crippen LogP contribution < -0.4 is 5.32 Å². The van der Waals surface area contributed by atoms with E-state index in [0.29, 0.717) is 6.42 Å². The molecule has 2 heterocycles. The van der Waals surface area contributed by atoms with Crippen molar-refractivity contribution in [2.45, 2.75) is 39.2 Å². The number of hydrogen-bond donors (Lipinski definition) is 1. The van der Waals surface area contributed by atoms with Crippen molar-refractivity contribution in [3.05, 3.63) is 17.3 Å². The minimum atomic E-state index is -2.96. The van der Waals surface area contributed by atoms with Gasteiger partial charge in [-0.05, 0) is 31.7 Å². The zero-order chi connectivity index (χ0) is 15.7. The molecule has 0 saturated heterocycles. The average Bonchev–Trinajstić information content (AvgIpc) is 2.84. The molecule has 2 rings (SSSR count). The average molecular weight is 327 g/mol. The first kappa shape index (κ1) is 16.2. The van der Waals surface area contributed by atoms with Crippen LogP contribution in [0.15, 0.2) is 11.4 Å². The normalized spacial score (nSPS) is 12.8. The van der Waals surface area contributed by atoms with Crippen LogP contribution in [0.5, 0.6) is 0 Å². The molecule has 7 heteroatoms. The van der Waals surface area contributed by atoms with E-state index in [-0.39, 0.29) is 11.3 Å². The molecule has 1 N–H and O–H groups in total. The summed E-state index contributed by atoms with van der Waals surface area (Å²) < 4.78 is 22.7. The predicted molar refractivity (Wildman–Crippen MR) is 88.8 cm³/mol. The Hall–Kier alpha value is -1.21. The first-order valence-corrected chi connectivity index (χ1v) is 9.84. The zero-order valence-electron chi connectivity index (χ0n) is 12.8. The van der Waals surface area contributed by atoms with Crippen molar-refractivity contribution in [1.29, 1.82) is 0 Å². The van der Waals surface area contributed by atoms with Crippen molar-refractivity contribution in [3.8, 4) is 0 Å². The van der Waals surface area contributed by atoms with Gasteiger partial charge in [-0.15, -0.1) is 11.3 Å². The maximum absolute atomic E-state index is 11.4. The monoisotopic (exact) mass is 327 g/mol. The van der Waals surface area contributed by atoms with Crippen LogP contribution in [0.3, 0.4) is 0 Å². The van der Waals surface area contributed by atoms with Crippen molar-refractivity contribution < 1.29 is 8.42 Å². The van der Waals surface area contributed by atoms with Gasteiger partial charge in [-0.3, -0.25) is 0 Å². The number of aryl methyl sites for hydroxylation is 1.